The molecular formula is C16H23N5O2. The first-order valence-corrected chi connectivity index (χ1v) is 8.16. The Hall–Kier alpha value is -2.18. The van der Waals surface area contributed by atoms with Gasteiger partial charge in [-0.3, -0.25) is 4.79 Å². The highest BCUT2D eigenvalue weighted by molar-refractivity contribution is 5.75. The molecule has 2 heterocycles. The molecule has 23 heavy (non-hydrogen) atoms. The minimum Gasteiger partial charge on any atom is -0.339 e. The molecule has 1 saturated carbocycles. The third-order valence-electron chi connectivity index (χ3n) is 4.48. The maximum atomic E-state index is 12.2. The number of carbonyl (C=O) groups excluding carboxylic acids is 1. The fraction of sp³-hybridized carbons (Fsp3) is 0.625. The minimum atomic E-state index is 0.0496. The lowest BCUT2D eigenvalue weighted by Crippen LogP contribution is -2.27. The highest BCUT2D eigenvalue weighted by atomic mass is 16.5. The highest BCUT2D eigenvalue weighted by Gasteiger charge is 2.22. The van der Waals surface area contributed by atoms with Crippen molar-refractivity contribution in [3.63, 3.8) is 0 Å². The second-order valence-electron chi connectivity index (χ2n) is 6.23. The lowest BCUT2D eigenvalue weighted by molar-refractivity contribution is -0.130. The molecule has 3 rings (SSSR count). The van der Waals surface area contributed by atoms with Gasteiger partial charge >= 0.3 is 0 Å². The van der Waals surface area contributed by atoms with Gasteiger partial charge < -0.3 is 14.0 Å². The van der Waals surface area contributed by atoms with E-state index in [4.69, 9.17) is 4.52 Å². The van der Waals surface area contributed by atoms with E-state index in [1.807, 2.05) is 17.8 Å². The van der Waals surface area contributed by atoms with E-state index < -0.39 is 0 Å². The number of hydrogen-bond donors (Lipinski definition) is 0. The Morgan fingerprint density at radius 2 is 2.22 bits per heavy atom. The molecule has 2 aromatic heterocycles. The third-order valence-corrected chi connectivity index (χ3v) is 4.48. The lowest BCUT2D eigenvalue weighted by atomic mass is 10.1. The molecule has 124 valence electrons. The molecule has 1 fully saturated rings. The van der Waals surface area contributed by atoms with Crippen molar-refractivity contribution in [2.24, 2.45) is 7.05 Å². The van der Waals surface area contributed by atoms with Crippen LogP contribution in [0.15, 0.2) is 16.9 Å². The fourth-order valence-corrected chi connectivity index (χ4v) is 2.97. The van der Waals surface area contributed by atoms with Crippen LogP contribution in [0, 0.1) is 0 Å². The number of carbonyl (C=O) groups is 1. The first kappa shape index (κ1) is 15.7. The smallest absolute Gasteiger partial charge is 0.227 e. The van der Waals surface area contributed by atoms with Crippen molar-refractivity contribution in [3.8, 4) is 0 Å². The van der Waals surface area contributed by atoms with Crippen LogP contribution in [0.1, 0.15) is 55.6 Å². The Morgan fingerprint density at radius 1 is 1.43 bits per heavy atom. The summed E-state index contributed by atoms with van der Waals surface area (Å²) in [6, 6.07) is 0. The third kappa shape index (κ3) is 3.78. The van der Waals surface area contributed by atoms with Crippen molar-refractivity contribution in [3.05, 3.63) is 29.9 Å². The van der Waals surface area contributed by atoms with E-state index in [0.29, 0.717) is 31.2 Å². The summed E-state index contributed by atoms with van der Waals surface area (Å²) in [5.74, 6) is 2.72. The topological polar surface area (TPSA) is 77.1 Å². The van der Waals surface area contributed by atoms with E-state index in [1.54, 1.807) is 18.1 Å². The van der Waals surface area contributed by atoms with Crippen LogP contribution in [-0.4, -0.2) is 37.5 Å². The SMILES string of the molecule is CN(Cc1nccn1C)C(=O)CCc1nc(C2CCCC2)no1. The maximum Gasteiger partial charge on any atom is 0.227 e. The van der Waals surface area contributed by atoms with Gasteiger partial charge in [-0.15, -0.1) is 0 Å². The van der Waals surface area contributed by atoms with Gasteiger partial charge in [-0.05, 0) is 12.8 Å². The number of amides is 1. The highest BCUT2D eigenvalue weighted by Crippen LogP contribution is 2.32. The van der Waals surface area contributed by atoms with Crippen molar-refractivity contribution in [1.82, 2.24) is 24.6 Å². The molecule has 0 atom stereocenters. The van der Waals surface area contributed by atoms with E-state index in [0.717, 1.165) is 24.5 Å². The second-order valence-corrected chi connectivity index (χ2v) is 6.23. The molecule has 7 heteroatoms. The molecule has 0 unspecified atom stereocenters. The monoisotopic (exact) mass is 317 g/mol. The van der Waals surface area contributed by atoms with E-state index in [1.165, 1.54) is 12.8 Å². The summed E-state index contributed by atoms with van der Waals surface area (Å²) in [5.41, 5.74) is 0. The predicted octanol–water partition coefficient (Wildman–Crippen LogP) is 2.05. The van der Waals surface area contributed by atoms with Gasteiger partial charge in [0.15, 0.2) is 5.82 Å². The Labute approximate surface area is 135 Å². The molecule has 1 aliphatic rings. The number of rotatable bonds is 6. The van der Waals surface area contributed by atoms with E-state index >= 15 is 0 Å². The predicted molar refractivity (Wildman–Crippen MR) is 83.5 cm³/mol. The van der Waals surface area contributed by atoms with Crippen LogP contribution < -0.4 is 0 Å². The second kappa shape index (κ2) is 6.93. The van der Waals surface area contributed by atoms with Gasteiger partial charge in [-0.25, -0.2) is 4.98 Å². The summed E-state index contributed by atoms with van der Waals surface area (Å²) < 4.78 is 7.20. The Balaban J connectivity index is 1.49. The zero-order valence-electron chi connectivity index (χ0n) is 13.7. The van der Waals surface area contributed by atoms with Crippen LogP contribution in [0.4, 0.5) is 0 Å². The molecule has 0 N–H and O–H groups in total. The molecule has 0 saturated heterocycles. The quantitative estimate of drug-likeness (QED) is 0.815. The van der Waals surface area contributed by atoms with Gasteiger partial charge in [0.05, 0.1) is 6.54 Å². The first-order valence-electron chi connectivity index (χ1n) is 8.16. The van der Waals surface area contributed by atoms with Gasteiger partial charge in [0.25, 0.3) is 0 Å². The lowest BCUT2D eigenvalue weighted by Gasteiger charge is -2.16. The number of aryl methyl sites for hydroxylation is 2. The van der Waals surface area contributed by atoms with Gasteiger partial charge in [0, 0.05) is 45.2 Å². The van der Waals surface area contributed by atoms with Gasteiger partial charge in [-0.1, -0.05) is 18.0 Å². The van der Waals surface area contributed by atoms with Crippen molar-refractivity contribution in [1.29, 1.82) is 0 Å². The summed E-state index contributed by atoms with van der Waals surface area (Å²) in [4.78, 5) is 22.6. The number of imidazole rings is 1. The normalized spacial score (nSPS) is 15.2. The van der Waals surface area contributed by atoms with Crippen LogP contribution in [0.3, 0.4) is 0 Å². The molecular weight excluding hydrogens is 294 g/mol. The van der Waals surface area contributed by atoms with Crippen LogP contribution in [0.5, 0.6) is 0 Å². The Kier molecular flexibility index (Phi) is 4.73. The van der Waals surface area contributed by atoms with E-state index in [2.05, 4.69) is 15.1 Å². The van der Waals surface area contributed by atoms with Gasteiger partial charge in [-0.2, -0.15) is 4.98 Å². The van der Waals surface area contributed by atoms with Gasteiger partial charge in [0.2, 0.25) is 11.8 Å². The molecule has 2 aromatic rings. The Morgan fingerprint density at radius 3 is 2.91 bits per heavy atom. The summed E-state index contributed by atoms with van der Waals surface area (Å²) in [5, 5.41) is 4.07. The maximum absolute atomic E-state index is 12.2. The zero-order valence-corrected chi connectivity index (χ0v) is 13.7. The zero-order chi connectivity index (χ0) is 16.2. The van der Waals surface area contributed by atoms with Crippen LogP contribution >= 0.6 is 0 Å². The molecule has 1 amide bonds. The molecule has 0 aromatic carbocycles. The first-order chi connectivity index (χ1) is 11.1. The molecule has 0 aliphatic heterocycles. The molecule has 1 aliphatic carbocycles. The molecule has 7 nitrogen and oxygen atoms in total. The van der Waals surface area contributed by atoms with E-state index in [9.17, 15) is 4.79 Å². The molecule has 0 spiro atoms. The van der Waals surface area contributed by atoms with Gasteiger partial charge in [0.1, 0.15) is 5.82 Å². The minimum absolute atomic E-state index is 0.0496. The molecule has 0 bridgehead atoms. The number of hydrogen-bond acceptors (Lipinski definition) is 5. The molecule has 0 radical (unpaired) electrons. The van der Waals surface area contributed by atoms with Crippen LogP contribution in [0.25, 0.3) is 0 Å². The van der Waals surface area contributed by atoms with Crippen LogP contribution in [-0.2, 0) is 24.8 Å². The van der Waals surface area contributed by atoms with Crippen molar-refractivity contribution in [2.45, 2.75) is 51.0 Å². The van der Waals surface area contributed by atoms with Crippen molar-refractivity contribution < 1.29 is 9.32 Å². The summed E-state index contributed by atoms with van der Waals surface area (Å²) in [6.07, 6.45) is 9.23. The average Bonchev–Trinajstić information content (AvgIpc) is 3.26. The van der Waals surface area contributed by atoms with Crippen molar-refractivity contribution >= 4 is 5.91 Å². The largest absolute Gasteiger partial charge is 0.339 e. The number of nitrogens with zero attached hydrogens (tertiary/aromatic N) is 5. The van der Waals surface area contributed by atoms with E-state index in [-0.39, 0.29) is 5.91 Å². The average molecular weight is 317 g/mol. The van der Waals surface area contributed by atoms with Crippen molar-refractivity contribution in [2.75, 3.05) is 7.05 Å². The summed E-state index contributed by atoms with van der Waals surface area (Å²) >= 11 is 0. The summed E-state index contributed by atoms with van der Waals surface area (Å²) in [6.45, 7) is 0.499. The summed E-state index contributed by atoms with van der Waals surface area (Å²) in [7, 11) is 3.71. The number of aromatic nitrogens is 4. The Bertz CT molecular complexity index is 657. The fourth-order valence-electron chi connectivity index (χ4n) is 2.97. The standard InChI is InChI=1S/C16H23N5O2/c1-20-10-9-17-13(20)11-21(2)15(22)8-7-14-18-16(19-23-14)12-5-3-4-6-12/h9-10,12H,3-8,11H2,1-2H3. The van der Waals surface area contributed by atoms with Crippen LogP contribution in [0.2, 0.25) is 0 Å².